The van der Waals surface area contributed by atoms with E-state index in [4.69, 9.17) is 14.2 Å². The molecule has 0 aromatic heterocycles. The predicted octanol–water partition coefficient (Wildman–Crippen LogP) is 1.03. The molecule has 0 aromatic carbocycles. The summed E-state index contributed by atoms with van der Waals surface area (Å²) in [4.78, 5) is 0. The van der Waals surface area contributed by atoms with Crippen molar-refractivity contribution in [3.63, 3.8) is 0 Å². The fraction of sp³-hybridized carbons (Fsp3) is 0.889. The summed E-state index contributed by atoms with van der Waals surface area (Å²) in [6, 6.07) is 0. The standard InChI is InChI=1S/C9H17O3/c1-2-10-6-7-11-8-9-4-3-5-12-9/h9H,1-8H2. The van der Waals surface area contributed by atoms with Crippen LogP contribution in [-0.4, -0.2) is 39.1 Å². The Balaban J connectivity index is 1.81. The molecule has 1 rings (SSSR count). The minimum Gasteiger partial charge on any atom is -0.379 e. The van der Waals surface area contributed by atoms with E-state index in [1.165, 1.54) is 6.42 Å². The molecule has 0 N–H and O–H groups in total. The van der Waals surface area contributed by atoms with Gasteiger partial charge in [-0.25, -0.2) is 0 Å². The van der Waals surface area contributed by atoms with E-state index >= 15 is 0 Å². The lowest BCUT2D eigenvalue weighted by Gasteiger charge is -2.09. The van der Waals surface area contributed by atoms with Gasteiger partial charge >= 0.3 is 0 Å². The van der Waals surface area contributed by atoms with Gasteiger partial charge in [-0.2, -0.15) is 0 Å². The lowest BCUT2D eigenvalue weighted by Crippen LogP contribution is -2.16. The van der Waals surface area contributed by atoms with Crippen LogP contribution in [0.3, 0.4) is 0 Å². The van der Waals surface area contributed by atoms with Gasteiger partial charge in [-0.3, -0.25) is 0 Å². The van der Waals surface area contributed by atoms with Gasteiger partial charge in [0.1, 0.15) is 0 Å². The third-order valence-electron chi connectivity index (χ3n) is 1.84. The molecule has 0 bridgehead atoms. The van der Waals surface area contributed by atoms with Crippen molar-refractivity contribution in [2.24, 2.45) is 0 Å². The van der Waals surface area contributed by atoms with E-state index < -0.39 is 0 Å². The number of hydrogen-bond acceptors (Lipinski definition) is 3. The molecule has 0 aliphatic carbocycles. The van der Waals surface area contributed by atoms with E-state index in [0.717, 1.165) is 13.0 Å². The summed E-state index contributed by atoms with van der Waals surface area (Å²) in [6.07, 6.45) is 2.63. The highest BCUT2D eigenvalue weighted by Gasteiger charge is 2.14. The molecule has 1 saturated heterocycles. The molecule has 0 saturated carbocycles. The van der Waals surface area contributed by atoms with Crippen molar-refractivity contribution in [3.05, 3.63) is 6.92 Å². The van der Waals surface area contributed by atoms with Crippen LogP contribution < -0.4 is 0 Å². The molecule has 1 aliphatic rings. The molecular weight excluding hydrogens is 156 g/mol. The van der Waals surface area contributed by atoms with Crippen molar-refractivity contribution in [1.82, 2.24) is 0 Å². The third-order valence-corrected chi connectivity index (χ3v) is 1.84. The Morgan fingerprint density at radius 2 is 2.17 bits per heavy atom. The SMILES string of the molecule is [CH2]COCCOCC1CCCO1. The summed E-state index contributed by atoms with van der Waals surface area (Å²) < 4.78 is 15.7. The minimum absolute atomic E-state index is 0.324. The first kappa shape index (κ1) is 9.96. The van der Waals surface area contributed by atoms with Crippen LogP contribution in [0.15, 0.2) is 0 Å². The zero-order valence-corrected chi connectivity index (χ0v) is 7.46. The molecule has 0 aromatic rings. The number of rotatable bonds is 6. The zero-order chi connectivity index (χ0) is 8.65. The van der Waals surface area contributed by atoms with E-state index in [-0.39, 0.29) is 0 Å². The molecule has 1 atom stereocenters. The van der Waals surface area contributed by atoms with Crippen LogP contribution in [0.5, 0.6) is 0 Å². The van der Waals surface area contributed by atoms with Gasteiger partial charge in [0, 0.05) is 13.2 Å². The Kier molecular flexibility index (Phi) is 5.32. The molecule has 12 heavy (non-hydrogen) atoms. The number of hydrogen-bond donors (Lipinski definition) is 0. The smallest absolute Gasteiger partial charge is 0.0809 e. The lowest BCUT2D eigenvalue weighted by atomic mass is 10.2. The average Bonchev–Trinajstić information content (AvgIpc) is 2.57. The maximum absolute atomic E-state index is 5.38. The molecule has 71 valence electrons. The molecule has 3 nitrogen and oxygen atoms in total. The monoisotopic (exact) mass is 173 g/mol. The first-order chi connectivity index (χ1) is 5.93. The molecule has 1 heterocycles. The average molecular weight is 173 g/mol. The summed E-state index contributed by atoms with van der Waals surface area (Å²) in [5.41, 5.74) is 0. The van der Waals surface area contributed by atoms with Gasteiger partial charge in [-0.15, -0.1) is 0 Å². The highest BCUT2D eigenvalue weighted by Crippen LogP contribution is 2.11. The molecule has 0 spiro atoms. The van der Waals surface area contributed by atoms with Crippen molar-refractivity contribution >= 4 is 0 Å². The summed E-state index contributed by atoms with van der Waals surface area (Å²) in [6.45, 7) is 6.96. The first-order valence-corrected chi connectivity index (χ1v) is 4.50. The Morgan fingerprint density at radius 3 is 2.83 bits per heavy atom. The summed E-state index contributed by atoms with van der Waals surface area (Å²) in [5.74, 6) is 0. The maximum Gasteiger partial charge on any atom is 0.0809 e. The van der Waals surface area contributed by atoms with Gasteiger partial charge in [0.05, 0.1) is 25.9 Å². The van der Waals surface area contributed by atoms with Crippen LogP contribution in [0.2, 0.25) is 0 Å². The quantitative estimate of drug-likeness (QED) is 0.561. The Morgan fingerprint density at radius 1 is 1.33 bits per heavy atom. The summed E-state index contributed by atoms with van der Waals surface area (Å²) in [5, 5.41) is 0. The second kappa shape index (κ2) is 6.40. The maximum atomic E-state index is 5.38. The van der Waals surface area contributed by atoms with Gasteiger partial charge < -0.3 is 14.2 Å². The van der Waals surface area contributed by atoms with Crippen molar-refractivity contribution in [2.75, 3.05) is 33.0 Å². The zero-order valence-electron chi connectivity index (χ0n) is 7.46. The highest BCUT2D eigenvalue weighted by atomic mass is 16.5. The van der Waals surface area contributed by atoms with E-state index in [9.17, 15) is 0 Å². The fourth-order valence-corrected chi connectivity index (χ4v) is 1.21. The van der Waals surface area contributed by atoms with Crippen molar-refractivity contribution in [1.29, 1.82) is 0 Å². The second-order valence-corrected chi connectivity index (χ2v) is 2.82. The Hall–Kier alpha value is -0.120. The van der Waals surface area contributed by atoms with Crippen molar-refractivity contribution < 1.29 is 14.2 Å². The van der Waals surface area contributed by atoms with Crippen LogP contribution in [0.4, 0.5) is 0 Å². The first-order valence-electron chi connectivity index (χ1n) is 4.50. The van der Waals surface area contributed by atoms with Gasteiger partial charge in [0.25, 0.3) is 0 Å². The van der Waals surface area contributed by atoms with Crippen molar-refractivity contribution in [3.8, 4) is 0 Å². The normalized spacial score (nSPS) is 23.2. The number of ether oxygens (including phenoxy) is 3. The second-order valence-electron chi connectivity index (χ2n) is 2.82. The van der Waals surface area contributed by atoms with E-state index in [1.54, 1.807) is 0 Å². The largest absolute Gasteiger partial charge is 0.379 e. The fourth-order valence-electron chi connectivity index (χ4n) is 1.21. The molecular formula is C9H17O3. The summed E-state index contributed by atoms with van der Waals surface area (Å²) >= 11 is 0. The molecule has 0 amide bonds. The Bertz CT molecular complexity index is 99.9. The van der Waals surface area contributed by atoms with Crippen LogP contribution in [0.1, 0.15) is 12.8 Å². The van der Waals surface area contributed by atoms with Gasteiger partial charge in [0.15, 0.2) is 0 Å². The van der Waals surface area contributed by atoms with Crippen LogP contribution in [0.25, 0.3) is 0 Å². The van der Waals surface area contributed by atoms with Crippen LogP contribution >= 0.6 is 0 Å². The van der Waals surface area contributed by atoms with E-state index in [2.05, 4.69) is 6.92 Å². The Labute approximate surface area is 74.0 Å². The highest BCUT2D eigenvalue weighted by molar-refractivity contribution is 4.63. The topological polar surface area (TPSA) is 27.7 Å². The van der Waals surface area contributed by atoms with E-state index in [0.29, 0.717) is 32.5 Å². The molecule has 1 fully saturated rings. The minimum atomic E-state index is 0.324. The van der Waals surface area contributed by atoms with E-state index in [1.807, 2.05) is 0 Å². The van der Waals surface area contributed by atoms with Gasteiger partial charge in [0.2, 0.25) is 0 Å². The van der Waals surface area contributed by atoms with Gasteiger partial charge in [-0.1, -0.05) is 0 Å². The van der Waals surface area contributed by atoms with Gasteiger partial charge in [-0.05, 0) is 19.8 Å². The van der Waals surface area contributed by atoms with Crippen LogP contribution in [-0.2, 0) is 14.2 Å². The molecule has 1 radical (unpaired) electrons. The molecule has 1 unspecified atom stereocenters. The lowest BCUT2D eigenvalue weighted by molar-refractivity contribution is -0.00370. The predicted molar refractivity (Wildman–Crippen MR) is 46.0 cm³/mol. The van der Waals surface area contributed by atoms with Crippen molar-refractivity contribution in [2.45, 2.75) is 18.9 Å². The molecule has 1 aliphatic heterocycles. The third kappa shape index (κ3) is 4.04. The molecule has 3 heteroatoms. The van der Waals surface area contributed by atoms with Crippen LogP contribution in [0, 0.1) is 6.92 Å². The summed E-state index contributed by atoms with van der Waals surface area (Å²) in [7, 11) is 0.